The van der Waals surface area contributed by atoms with E-state index in [4.69, 9.17) is 5.26 Å². The van der Waals surface area contributed by atoms with Gasteiger partial charge in [0, 0.05) is 6.04 Å². The Balaban J connectivity index is 2.28. The molecule has 1 atom stereocenters. The summed E-state index contributed by atoms with van der Waals surface area (Å²) >= 11 is 1.69. The molecule has 2 aromatic rings. The third-order valence-electron chi connectivity index (χ3n) is 2.80. The van der Waals surface area contributed by atoms with E-state index in [1.165, 1.54) is 5.56 Å². The molecule has 1 heterocycles. The van der Waals surface area contributed by atoms with Gasteiger partial charge in [0.15, 0.2) is 0 Å². The van der Waals surface area contributed by atoms with Gasteiger partial charge < -0.3 is 5.32 Å². The molecule has 2 rings (SSSR count). The van der Waals surface area contributed by atoms with Crippen molar-refractivity contribution in [3.63, 3.8) is 0 Å². The summed E-state index contributed by atoms with van der Waals surface area (Å²) in [5.41, 5.74) is 3.99. The van der Waals surface area contributed by atoms with Crippen LogP contribution in [-0.4, -0.2) is 0 Å². The Bertz CT molecular complexity index is 538. The van der Waals surface area contributed by atoms with E-state index in [0.29, 0.717) is 5.56 Å². The zero-order valence-electron chi connectivity index (χ0n) is 9.90. The predicted octanol–water partition coefficient (Wildman–Crippen LogP) is 4.10. The molecular weight excluding hydrogens is 228 g/mol. The topological polar surface area (TPSA) is 35.8 Å². The van der Waals surface area contributed by atoms with Crippen LogP contribution in [0.1, 0.15) is 29.7 Å². The number of benzene rings is 1. The maximum atomic E-state index is 9.10. The number of nitrogens with zero attached hydrogens (tertiary/aromatic N) is 1. The van der Waals surface area contributed by atoms with Crippen molar-refractivity contribution in [2.24, 2.45) is 0 Å². The molecule has 1 unspecified atom stereocenters. The van der Waals surface area contributed by atoms with Crippen molar-refractivity contribution in [3.05, 3.63) is 51.7 Å². The summed E-state index contributed by atoms with van der Waals surface area (Å²) in [6, 6.07) is 10.3. The van der Waals surface area contributed by atoms with Gasteiger partial charge in [-0.05, 0) is 47.9 Å². The highest BCUT2D eigenvalue weighted by Crippen LogP contribution is 2.26. The van der Waals surface area contributed by atoms with Crippen LogP contribution in [0.5, 0.6) is 0 Å². The monoisotopic (exact) mass is 242 g/mol. The maximum Gasteiger partial charge on any atom is 0.101 e. The summed E-state index contributed by atoms with van der Waals surface area (Å²) in [6.45, 7) is 4.12. The first kappa shape index (κ1) is 11.7. The Kier molecular flexibility index (Phi) is 3.46. The molecule has 0 spiro atoms. The van der Waals surface area contributed by atoms with Crippen LogP contribution in [0, 0.1) is 18.3 Å². The third-order valence-corrected chi connectivity index (χ3v) is 3.50. The molecule has 1 aromatic carbocycles. The Morgan fingerprint density at radius 1 is 1.35 bits per heavy atom. The van der Waals surface area contributed by atoms with Crippen LogP contribution in [-0.2, 0) is 0 Å². The zero-order valence-corrected chi connectivity index (χ0v) is 10.7. The van der Waals surface area contributed by atoms with E-state index in [9.17, 15) is 0 Å². The van der Waals surface area contributed by atoms with E-state index >= 15 is 0 Å². The van der Waals surface area contributed by atoms with Gasteiger partial charge in [-0.1, -0.05) is 12.1 Å². The molecule has 0 fully saturated rings. The zero-order chi connectivity index (χ0) is 12.3. The molecule has 86 valence electrons. The minimum absolute atomic E-state index is 0.217. The molecule has 1 aromatic heterocycles. The molecular formula is C14H14N2S. The second-order valence-corrected chi connectivity index (χ2v) is 4.81. The normalized spacial score (nSPS) is 11.8. The molecule has 0 amide bonds. The van der Waals surface area contributed by atoms with Crippen molar-refractivity contribution < 1.29 is 0 Å². The lowest BCUT2D eigenvalue weighted by Gasteiger charge is -2.17. The Morgan fingerprint density at radius 3 is 2.82 bits per heavy atom. The first-order valence-corrected chi connectivity index (χ1v) is 6.45. The summed E-state index contributed by atoms with van der Waals surface area (Å²) in [4.78, 5) is 0. The third kappa shape index (κ3) is 2.48. The summed E-state index contributed by atoms with van der Waals surface area (Å²) in [7, 11) is 0. The lowest BCUT2D eigenvalue weighted by Crippen LogP contribution is -2.08. The molecule has 0 aliphatic rings. The van der Waals surface area contributed by atoms with E-state index in [1.807, 2.05) is 25.1 Å². The molecule has 1 N–H and O–H groups in total. The van der Waals surface area contributed by atoms with Crippen molar-refractivity contribution in [2.75, 3.05) is 5.32 Å². The van der Waals surface area contributed by atoms with Gasteiger partial charge in [-0.25, -0.2) is 0 Å². The summed E-state index contributed by atoms with van der Waals surface area (Å²) < 4.78 is 0. The predicted molar refractivity (Wildman–Crippen MR) is 72.3 cm³/mol. The van der Waals surface area contributed by atoms with Gasteiger partial charge in [-0.2, -0.15) is 16.6 Å². The summed E-state index contributed by atoms with van der Waals surface area (Å²) in [5, 5.41) is 16.7. The van der Waals surface area contributed by atoms with Gasteiger partial charge in [0.1, 0.15) is 6.07 Å². The molecule has 3 heteroatoms. The van der Waals surface area contributed by atoms with E-state index < -0.39 is 0 Å². The first-order chi connectivity index (χ1) is 8.22. The molecule has 0 bridgehead atoms. The Morgan fingerprint density at radius 2 is 2.18 bits per heavy atom. The van der Waals surface area contributed by atoms with E-state index in [-0.39, 0.29) is 6.04 Å². The number of para-hydroxylation sites is 1. The van der Waals surface area contributed by atoms with Crippen molar-refractivity contribution in [3.8, 4) is 6.07 Å². The largest absolute Gasteiger partial charge is 0.377 e. The van der Waals surface area contributed by atoms with Gasteiger partial charge in [0.25, 0.3) is 0 Å². The highest BCUT2D eigenvalue weighted by atomic mass is 32.1. The molecule has 17 heavy (non-hydrogen) atoms. The molecule has 0 saturated heterocycles. The summed E-state index contributed by atoms with van der Waals surface area (Å²) in [5.74, 6) is 0. The Hall–Kier alpha value is -1.79. The number of aryl methyl sites for hydroxylation is 1. The molecule has 0 saturated carbocycles. The minimum Gasteiger partial charge on any atom is -0.377 e. The number of hydrogen-bond donors (Lipinski definition) is 1. The van der Waals surface area contributed by atoms with Crippen molar-refractivity contribution in [1.82, 2.24) is 0 Å². The maximum absolute atomic E-state index is 9.10. The molecule has 0 radical (unpaired) electrons. The smallest absolute Gasteiger partial charge is 0.101 e. The van der Waals surface area contributed by atoms with E-state index in [1.54, 1.807) is 11.3 Å². The lowest BCUT2D eigenvalue weighted by molar-refractivity contribution is 0.887. The fourth-order valence-electron chi connectivity index (χ4n) is 1.77. The van der Waals surface area contributed by atoms with Crippen LogP contribution in [0.15, 0.2) is 35.0 Å². The lowest BCUT2D eigenvalue weighted by atomic mass is 10.1. The average molecular weight is 242 g/mol. The van der Waals surface area contributed by atoms with Gasteiger partial charge in [-0.15, -0.1) is 0 Å². The Labute approximate surface area is 106 Å². The van der Waals surface area contributed by atoms with Gasteiger partial charge in [0.2, 0.25) is 0 Å². The number of hydrogen-bond acceptors (Lipinski definition) is 3. The van der Waals surface area contributed by atoms with Gasteiger partial charge in [-0.3, -0.25) is 0 Å². The number of nitrogens with one attached hydrogen (secondary N) is 1. The quantitative estimate of drug-likeness (QED) is 0.879. The minimum atomic E-state index is 0.217. The first-order valence-electron chi connectivity index (χ1n) is 5.50. The SMILES string of the molecule is Cc1cccc(C#N)c1NC(C)c1ccsc1. The van der Waals surface area contributed by atoms with Crippen LogP contribution >= 0.6 is 11.3 Å². The van der Waals surface area contributed by atoms with Crippen molar-refractivity contribution in [2.45, 2.75) is 19.9 Å². The fourth-order valence-corrected chi connectivity index (χ4v) is 2.53. The molecule has 0 aliphatic carbocycles. The van der Waals surface area contributed by atoms with Crippen molar-refractivity contribution >= 4 is 17.0 Å². The van der Waals surface area contributed by atoms with E-state index in [0.717, 1.165) is 11.3 Å². The highest BCUT2D eigenvalue weighted by molar-refractivity contribution is 7.07. The number of thiophene rings is 1. The molecule has 0 aliphatic heterocycles. The van der Waals surface area contributed by atoms with E-state index in [2.05, 4.69) is 35.1 Å². The number of nitriles is 1. The standard InChI is InChI=1S/C14H14N2S/c1-10-4-3-5-12(8-15)14(10)16-11(2)13-6-7-17-9-13/h3-7,9,11,16H,1-2H3. The second kappa shape index (κ2) is 5.03. The van der Waals surface area contributed by atoms with Crippen LogP contribution in [0.3, 0.4) is 0 Å². The van der Waals surface area contributed by atoms with Crippen LogP contribution < -0.4 is 5.32 Å². The van der Waals surface area contributed by atoms with Crippen LogP contribution in [0.2, 0.25) is 0 Å². The van der Waals surface area contributed by atoms with Crippen LogP contribution in [0.4, 0.5) is 5.69 Å². The van der Waals surface area contributed by atoms with Crippen molar-refractivity contribution in [1.29, 1.82) is 5.26 Å². The van der Waals surface area contributed by atoms with Crippen LogP contribution in [0.25, 0.3) is 0 Å². The van der Waals surface area contributed by atoms with Gasteiger partial charge >= 0.3 is 0 Å². The molecule has 2 nitrogen and oxygen atoms in total. The average Bonchev–Trinajstić information content (AvgIpc) is 2.85. The van der Waals surface area contributed by atoms with Gasteiger partial charge in [0.05, 0.1) is 11.3 Å². The fraction of sp³-hybridized carbons (Fsp3) is 0.214. The number of rotatable bonds is 3. The number of anilines is 1. The summed E-state index contributed by atoms with van der Waals surface area (Å²) in [6.07, 6.45) is 0. The highest BCUT2D eigenvalue weighted by Gasteiger charge is 2.10. The second-order valence-electron chi connectivity index (χ2n) is 4.03.